The lowest BCUT2D eigenvalue weighted by Crippen LogP contribution is -2.12. The molecule has 0 atom stereocenters. The fourth-order valence-corrected chi connectivity index (χ4v) is 2.44. The number of nitrogens with zero attached hydrogens (tertiary/aromatic N) is 1. The van der Waals surface area contributed by atoms with Gasteiger partial charge in [0.15, 0.2) is 5.13 Å². The van der Waals surface area contributed by atoms with E-state index in [-0.39, 0.29) is 5.91 Å². The Hall–Kier alpha value is -2.08. The molecular weight excluding hydrogens is 262 g/mol. The van der Waals surface area contributed by atoms with E-state index in [1.807, 2.05) is 19.1 Å². The van der Waals surface area contributed by atoms with Gasteiger partial charge in [-0.2, -0.15) is 0 Å². The van der Waals surface area contributed by atoms with E-state index in [1.54, 1.807) is 20.1 Å². The Bertz CT molecular complexity index is 622. The van der Waals surface area contributed by atoms with Gasteiger partial charge in [0, 0.05) is 5.69 Å². The molecule has 0 fully saturated rings. The van der Waals surface area contributed by atoms with Crippen molar-refractivity contribution in [3.05, 3.63) is 34.3 Å². The van der Waals surface area contributed by atoms with Crippen LogP contribution >= 0.6 is 11.3 Å². The number of benzene rings is 1. The number of aryl methyl sites for hydroxylation is 2. The molecule has 1 amide bonds. The number of aromatic nitrogens is 1. The number of nitrogens with two attached hydrogens (primary N) is 1. The number of hydrogen-bond acceptors (Lipinski definition) is 5. The van der Waals surface area contributed by atoms with Gasteiger partial charge in [-0.05, 0) is 37.6 Å². The van der Waals surface area contributed by atoms with Gasteiger partial charge in [0.2, 0.25) is 0 Å². The third-order valence-electron chi connectivity index (χ3n) is 2.70. The van der Waals surface area contributed by atoms with Crippen LogP contribution in [0.15, 0.2) is 18.2 Å². The minimum Gasteiger partial charge on any atom is -0.497 e. The maximum absolute atomic E-state index is 12.1. The first-order valence-corrected chi connectivity index (χ1v) is 6.52. The zero-order valence-corrected chi connectivity index (χ0v) is 11.8. The molecule has 1 aromatic heterocycles. The van der Waals surface area contributed by atoms with Crippen LogP contribution in [-0.4, -0.2) is 18.0 Å². The summed E-state index contributed by atoms with van der Waals surface area (Å²) in [6.45, 7) is 3.68. The van der Waals surface area contributed by atoms with Crippen LogP contribution in [-0.2, 0) is 0 Å². The second kappa shape index (κ2) is 5.27. The van der Waals surface area contributed by atoms with Gasteiger partial charge in [-0.1, -0.05) is 11.3 Å². The van der Waals surface area contributed by atoms with Crippen LogP contribution in [0.25, 0.3) is 0 Å². The predicted molar refractivity (Wildman–Crippen MR) is 76.9 cm³/mol. The SMILES string of the molecule is COc1ccc(NC(=O)c2sc(N)nc2C)c(C)c1. The molecule has 0 aliphatic heterocycles. The Morgan fingerprint density at radius 2 is 2.16 bits per heavy atom. The van der Waals surface area contributed by atoms with Crippen molar-refractivity contribution in [1.29, 1.82) is 0 Å². The van der Waals surface area contributed by atoms with Crippen LogP contribution in [0, 0.1) is 13.8 Å². The number of nitrogen functional groups attached to an aromatic ring is 1. The van der Waals surface area contributed by atoms with Crippen molar-refractivity contribution in [3.8, 4) is 5.75 Å². The summed E-state index contributed by atoms with van der Waals surface area (Å²) in [5, 5.41) is 3.25. The van der Waals surface area contributed by atoms with E-state index in [0.29, 0.717) is 15.7 Å². The number of nitrogens with one attached hydrogen (secondary N) is 1. The molecule has 0 unspecified atom stereocenters. The zero-order chi connectivity index (χ0) is 14.0. The molecule has 0 radical (unpaired) electrons. The summed E-state index contributed by atoms with van der Waals surface area (Å²) in [7, 11) is 1.61. The lowest BCUT2D eigenvalue weighted by Gasteiger charge is -2.09. The van der Waals surface area contributed by atoms with Gasteiger partial charge in [-0.3, -0.25) is 4.79 Å². The summed E-state index contributed by atoms with van der Waals surface area (Å²) in [4.78, 5) is 16.7. The molecule has 0 aliphatic rings. The number of carbonyl (C=O) groups is 1. The van der Waals surface area contributed by atoms with Crippen LogP contribution in [0.1, 0.15) is 20.9 Å². The van der Waals surface area contributed by atoms with Crippen LogP contribution < -0.4 is 15.8 Å². The maximum atomic E-state index is 12.1. The average Bonchev–Trinajstić information content (AvgIpc) is 2.71. The molecule has 100 valence electrons. The summed E-state index contributed by atoms with van der Waals surface area (Å²) in [5.74, 6) is 0.564. The van der Waals surface area contributed by atoms with Crippen molar-refractivity contribution < 1.29 is 9.53 Å². The normalized spacial score (nSPS) is 10.3. The third kappa shape index (κ3) is 2.85. The van der Waals surface area contributed by atoms with Crippen molar-refractivity contribution >= 4 is 28.1 Å². The number of methoxy groups -OCH3 is 1. The number of carbonyl (C=O) groups excluding carboxylic acids is 1. The molecule has 1 heterocycles. The summed E-state index contributed by atoms with van der Waals surface area (Å²) < 4.78 is 5.12. The summed E-state index contributed by atoms with van der Waals surface area (Å²) >= 11 is 1.19. The van der Waals surface area contributed by atoms with Crippen molar-refractivity contribution in [2.45, 2.75) is 13.8 Å². The Balaban J connectivity index is 2.22. The fourth-order valence-electron chi connectivity index (χ4n) is 1.71. The minimum atomic E-state index is -0.194. The summed E-state index contributed by atoms with van der Waals surface area (Å²) in [6.07, 6.45) is 0. The second-order valence-corrected chi connectivity index (χ2v) is 5.13. The summed E-state index contributed by atoms with van der Waals surface area (Å²) in [6, 6.07) is 5.48. The van der Waals surface area contributed by atoms with E-state index in [4.69, 9.17) is 10.5 Å². The third-order valence-corrected chi connectivity index (χ3v) is 3.69. The quantitative estimate of drug-likeness (QED) is 0.904. The van der Waals surface area contributed by atoms with Gasteiger partial charge < -0.3 is 15.8 Å². The fraction of sp³-hybridized carbons (Fsp3) is 0.231. The van der Waals surface area contributed by atoms with Crippen LogP contribution in [0.5, 0.6) is 5.75 Å². The van der Waals surface area contributed by atoms with Crippen molar-refractivity contribution in [1.82, 2.24) is 4.98 Å². The lowest BCUT2D eigenvalue weighted by molar-refractivity contribution is 0.102. The standard InChI is InChI=1S/C13H15N3O2S/c1-7-6-9(18-3)4-5-10(7)16-12(17)11-8(2)15-13(14)19-11/h4-6H,1-3H3,(H2,14,15)(H,16,17). The lowest BCUT2D eigenvalue weighted by atomic mass is 10.2. The van der Waals surface area contributed by atoms with E-state index in [1.165, 1.54) is 11.3 Å². The zero-order valence-electron chi connectivity index (χ0n) is 11.0. The largest absolute Gasteiger partial charge is 0.497 e. The van der Waals surface area contributed by atoms with Gasteiger partial charge in [0.05, 0.1) is 12.8 Å². The Kier molecular flexibility index (Phi) is 3.71. The first-order valence-electron chi connectivity index (χ1n) is 5.70. The number of amides is 1. The first kappa shape index (κ1) is 13.4. The molecule has 0 aliphatic carbocycles. The van der Waals surface area contributed by atoms with Gasteiger partial charge in [0.25, 0.3) is 5.91 Å². The number of thiazole rings is 1. The first-order chi connectivity index (χ1) is 9.01. The number of rotatable bonds is 3. The number of ether oxygens (including phenoxy) is 1. The molecule has 6 heteroatoms. The van der Waals surface area contributed by atoms with Crippen molar-refractivity contribution in [2.75, 3.05) is 18.2 Å². The molecule has 0 bridgehead atoms. The van der Waals surface area contributed by atoms with Gasteiger partial charge in [0.1, 0.15) is 10.6 Å². The molecule has 2 rings (SSSR count). The smallest absolute Gasteiger partial charge is 0.267 e. The molecule has 0 spiro atoms. The predicted octanol–water partition coefficient (Wildman–Crippen LogP) is 2.60. The molecule has 3 N–H and O–H groups in total. The topological polar surface area (TPSA) is 77.2 Å². The molecule has 0 saturated heterocycles. The highest BCUT2D eigenvalue weighted by atomic mass is 32.1. The molecule has 0 saturated carbocycles. The molecule has 5 nitrogen and oxygen atoms in total. The average molecular weight is 277 g/mol. The minimum absolute atomic E-state index is 0.194. The Labute approximate surface area is 115 Å². The second-order valence-electron chi connectivity index (χ2n) is 4.10. The maximum Gasteiger partial charge on any atom is 0.267 e. The molecular formula is C13H15N3O2S. The van der Waals surface area contributed by atoms with Crippen LogP contribution in [0.3, 0.4) is 0 Å². The Morgan fingerprint density at radius 3 is 2.68 bits per heavy atom. The van der Waals surface area contributed by atoms with Crippen LogP contribution in [0.2, 0.25) is 0 Å². The van der Waals surface area contributed by atoms with Gasteiger partial charge in [-0.25, -0.2) is 4.98 Å². The van der Waals surface area contributed by atoms with E-state index < -0.39 is 0 Å². The van der Waals surface area contributed by atoms with Gasteiger partial charge >= 0.3 is 0 Å². The molecule has 19 heavy (non-hydrogen) atoms. The van der Waals surface area contributed by atoms with Crippen molar-refractivity contribution in [3.63, 3.8) is 0 Å². The van der Waals surface area contributed by atoms with Crippen molar-refractivity contribution in [2.24, 2.45) is 0 Å². The Morgan fingerprint density at radius 1 is 1.42 bits per heavy atom. The monoisotopic (exact) mass is 277 g/mol. The van der Waals surface area contributed by atoms with E-state index >= 15 is 0 Å². The van der Waals surface area contributed by atoms with Crippen LogP contribution in [0.4, 0.5) is 10.8 Å². The highest BCUT2D eigenvalue weighted by molar-refractivity contribution is 7.17. The van der Waals surface area contributed by atoms with E-state index in [0.717, 1.165) is 17.0 Å². The number of hydrogen-bond donors (Lipinski definition) is 2. The number of anilines is 2. The highest BCUT2D eigenvalue weighted by Crippen LogP contribution is 2.24. The van der Waals surface area contributed by atoms with E-state index in [2.05, 4.69) is 10.3 Å². The molecule has 2 aromatic rings. The molecule has 1 aromatic carbocycles. The van der Waals surface area contributed by atoms with Gasteiger partial charge in [-0.15, -0.1) is 0 Å². The van der Waals surface area contributed by atoms with E-state index in [9.17, 15) is 4.79 Å². The summed E-state index contributed by atoms with van der Waals surface area (Å²) in [5.41, 5.74) is 7.91. The highest BCUT2D eigenvalue weighted by Gasteiger charge is 2.15.